The van der Waals surface area contributed by atoms with Crippen LogP contribution in [0.3, 0.4) is 0 Å². The zero-order chi connectivity index (χ0) is 15.6. The molecule has 2 rings (SSSR count). The Hall–Kier alpha value is -1.92. The van der Waals surface area contributed by atoms with Crippen LogP contribution in [-0.4, -0.2) is 4.92 Å². The van der Waals surface area contributed by atoms with E-state index in [1.165, 1.54) is 12.1 Å². The average Bonchev–Trinajstić information content (AvgIpc) is 2.40. The minimum Gasteiger partial charge on any atom is -0.457 e. The molecule has 0 aliphatic carbocycles. The van der Waals surface area contributed by atoms with Crippen molar-refractivity contribution in [2.45, 2.75) is 19.9 Å². The molecule has 0 aliphatic rings. The fraction of sp³-hybridized carbons (Fsp3) is 0.200. The van der Waals surface area contributed by atoms with E-state index >= 15 is 0 Å². The van der Waals surface area contributed by atoms with Crippen molar-refractivity contribution in [1.82, 2.24) is 0 Å². The van der Waals surface area contributed by atoms with Crippen molar-refractivity contribution in [3.05, 3.63) is 62.1 Å². The fourth-order valence-corrected chi connectivity index (χ4v) is 2.65. The van der Waals surface area contributed by atoms with Crippen LogP contribution in [0.2, 0.25) is 0 Å². The van der Waals surface area contributed by atoms with Gasteiger partial charge in [0, 0.05) is 22.6 Å². The van der Waals surface area contributed by atoms with Gasteiger partial charge in [-0.25, -0.2) is 0 Å². The number of hydrogen-bond acceptors (Lipinski definition) is 4. The maximum absolute atomic E-state index is 10.7. The first-order chi connectivity index (χ1) is 9.88. The number of benzene rings is 2. The van der Waals surface area contributed by atoms with Crippen LogP contribution in [0.5, 0.6) is 11.5 Å². The van der Waals surface area contributed by atoms with E-state index in [1.807, 2.05) is 25.1 Å². The van der Waals surface area contributed by atoms with E-state index in [9.17, 15) is 10.1 Å². The van der Waals surface area contributed by atoms with Gasteiger partial charge in [-0.05, 0) is 43.2 Å². The van der Waals surface area contributed by atoms with Gasteiger partial charge in [-0.1, -0.05) is 22.0 Å². The molecule has 110 valence electrons. The van der Waals surface area contributed by atoms with Crippen molar-refractivity contribution in [1.29, 1.82) is 0 Å². The van der Waals surface area contributed by atoms with E-state index in [1.54, 1.807) is 13.0 Å². The highest BCUT2D eigenvalue weighted by molar-refractivity contribution is 9.10. The molecule has 6 heteroatoms. The summed E-state index contributed by atoms with van der Waals surface area (Å²) in [4.78, 5) is 10.3. The Balaban J connectivity index is 2.26. The smallest absolute Gasteiger partial charge is 0.269 e. The number of nitro groups is 1. The number of nitrogens with two attached hydrogens (primary N) is 1. The lowest BCUT2D eigenvalue weighted by molar-refractivity contribution is -0.384. The van der Waals surface area contributed by atoms with Gasteiger partial charge in [0.25, 0.3) is 5.69 Å². The third-order valence-corrected chi connectivity index (χ3v) is 3.75. The molecule has 0 saturated heterocycles. The molecule has 5 nitrogen and oxygen atoms in total. The Kier molecular flexibility index (Phi) is 4.59. The highest BCUT2D eigenvalue weighted by Gasteiger charge is 2.11. The number of nitrogens with zero attached hydrogens (tertiary/aromatic N) is 1. The first-order valence-electron chi connectivity index (χ1n) is 6.36. The van der Waals surface area contributed by atoms with E-state index in [-0.39, 0.29) is 11.7 Å². The molecule has 0 fully saturated rings. The Labute approximate surface area is 131 Å². The largest absolute Gasteiger partial charge is 0.457 e. The summed E-state index contributed by atoms with van der Waals surface area (Å²) in [6.45, 7) is 3.68. The monoisotopic (exact) mass is 350 g/mol. The average molecular weight is 351 g/mol. The van der Waals surface area contributed by atoms with E-state index in [0.717, 1.165) is 10.0 Å². The van der Waals surface area contributed by atoms with Crippen molar-refractivity contribution >= 4 is 21.6 Å². The van der Waals surface area contributed by atoms with Crippen LogP contribution in [-0.2, 0) is 0 Å². The Morgan fingerprint density at radius 3 is 2.52 bits per heavy atom. The Morgan fingerprint density at radius 1 is 1.29 bits per heavy atom. The van der Waals surface area contributed by atoms with Crippen LogP contribution in [0.4, 0.5) is 5.69 Å². The maximum Gasteiger partial charge on any atom is 0.269 e. The lowest BCUT2D eigenvalue weighted by atomic mass is 10.1. The second-order valence-electron chi connectivity index (χ2n) is 4.78. The van der Waals surface area contributed by atoms with Crippen molar-refractivity contribution < 1.29 is 9.66 Å². The number of aryl methyl sites for hydroxylation is 1. The molecule has 0 spiro atoms. The van der Waals surface area contributed by atoms with E-state index in [4.69, 9.17) is 10.5 Å². The van der Waals surface area contributed by atoms with Gasteiger partial charge in [0.05, 0.1) is 4.92 Å². The first kappa shape index (κ1) is 15.5. The number of nitro benzene ring substituents is 1. The Bertz CT molecular complexity index is 687. The van der Waals surface area contributed by atoms with Crippen LogP contribution in [0, 0.1) is 17.0 Å². The third kappa shape index (κ3) is 3.59. The summed E-state index contributed by atoms with van der Waals surface area (Å²) in [5, 5.41) is 10.7. The molecule has 0 unspecified atom stereocenters. The van der Waals surface area contributed by atoms with Crippen LogP contribution in [0.25, 0.3) is 0 Å². The Morgan fingerprint density at radius 2 is 2.00 bits per heavy atom. The summed E-state index contributed by atoms with van der Waals surface area (Å²) in [5.74, 6) is 1.23. The first-order valence-corrected chi connectivity index (χ1v) is 7.15. The summed E-state index contributed by atoms with van der Waals surface area (Å²) < 4.78 is 6.64. The quantitative estimate of drug-likeness (QED) is 0.651. The molecule has 0 aromatic heterocycles. The second kappa shape index (κ2) is 6.24. The van der Waals surface area contributed by atoms with Crippen molar-refractivity contribution in [3.8, 4) is 11.5 Å². The summed E-state index contributed by atoms with van der Waals surface area (Å²) in [5.41, 5.74) is 7.59. The lowest BCUT2D eigenvalue weighted by Crippen LogP contribution is -2.05. The van der Waals surface area contributed by atoms with Gasteiger partial charge >= 0.3 is 0 Å². The van der Waals surface area contributed by atoms with Gasteiger partial charge in [0.1, 0.15) is 11.5 Å². The number of halogens is 1. The third-order valence-electron chi connectivity index (χ3n) is 3.06. The summed E-state index contributed by atoms with van der Waals surface area (Å²) >= 11 is 3.46. The highest BCUT2D eigenvalue weighted by Crippen LogP contribution is 2.32. The van der Waals surface area contributed by atoms with Crippen LogP contribution >= 0.6 is 15.9 Å². The fourth-order valence-electron chi connectivity index (χ4n) is 1.93. The van der Waals surface area contributed by atoms with Crippen LogP contribution in [0.1, 0.15) is 24.1 Å². The van der Waals surface area contributed by atoms with Crippen LogP contribution in [0.15, 0.2) is 40.9 Å². The van der Waals surface area contributed by atoms with Gasteiger partial charge < -0.3 is 10.5 Å². The minimum atomic E-state index is -0.426. The number of non-ortho nitro benzene ring substituents is 1. The van der Waals surface area contributed by atoms with E-state index in [0.29, 0.717) is 17.1 Å². The van der Waals surface area contributed by atoms with Crippen molar-refractivity contribution in [2.75, 3.05) is 0 Å². The van der Waals surface area contributed by atoms with Gasteiger partial charge in [-0.3, -0.25) is 10.1 Å². The predicted molar refractivity (Wildman–Crippen MR) is 84.7 cm³/mol. The molecular formula is C15H15BrN2O3. The summed E-state index contributed by atoms with van der Waals surface area (Å²) in [6, 6.07) is 9.98. The van der Waals surface area contributed by atoms with Gasteiger partial charge in [-0.15, -0.1) is 0 Å². The second-order valence-corrected chi connectivity index (χ2v) is 5.64. The summed E-state index contributed by atoms with van der Waals surface area (Å²) in [7, 11) is 0. The number of rotatable bonds is 4. The zero-order valence-electron chi connectivity index (χ0n) is 11.7. The molecular weight excluding hydrogens is 336 g/mol. The van der Waals surface area contributed by atoms with Gasteiger partial charge in [-0.2, -0.15) is 0 Å². The molecule has 2 aromatic rings. The van der Waals surface area contributed by atoms with E-state index < -0.39 is 4.92 Å². The van der Waals surface area contributed by atoms with Crippen molar-refractivity contribution in [3.63, 3.8) is 0 Å². The molecule has 0 bridgehead atoms. The topological polar surface area (TPSA) is 78.4 Å². The predicted octanol–water partition coefficient (Wildman–Crippen LogP) is 4.48. The summed E-state index contributed by atoms with van der Waals surface area (Å²) in [6.07, 6.45) is 0. The molecule has 0 heterocycles. The SMILES string of the molecule is Cc1cc([N+](=O)[O-])ccc1Oc1ccc([C@H](C)N)c(Br)c1. The van der Waals surface area contributed by atoms with Gasteiger partial charge in [0.15, 0.2) is 0 Å². The maximum atomic E-state index is 10.7. The molecule has 21 heavy (non-hydrogen) atoms. The zero-order valence-corrected chi connectivity index (χ0v) is 13.3. The molecule has 0 saturated carbocycles. The minimum absolute atomic E-state index is 0.0494. The van der Waals surface area contributed by atoms with Gasteiger partial charge in [0.2, 0.25) is 0 Å². The lowest BCUT2D eigenvalue weighted by Gasteiger charge is -2.12. The standard InChI is InChI=1S/C15H15BrN2O3/c1-9-7-11(18(19)20)3-6-15(9)21-12-4-5-13(10(2)17)14(16)8-12/h3-8,10H,17H2,1-2H3/t10-/m0/s1. The van der Waals surface area contributed by atoms with Crippen LogP contribution < -0.4 is 10.5 Å². The molecule has 1 atom stereocenters. The normalized spacial score (nSPS) is 12.0. The number of ether oxygens (including phenoxy) is 1. The molecule has 2 aromatic carbocycles. The molecule has 2 N–H and O–H groups in total. The molecule has 0 radical (unpaired) electrons. The number of hydrogen-bond donors (Lipinski definition) is 1. The van der Waals surface area contributed by atoms with Crippen molar-refractivity contribution in [2.24, 2.45) is 5.73 Å². The molecule has 0 amide bonds. The molecule has 0 aliphatic heterocycles. The highest BCUT2D eigenvalue weighted by atomic mass is 79.9. The van der Waals surface area contributed by atoms with E-state index in [2.05, 4.69) is 15.9 Å².